The summed E-state index contributed by atoms with van der Waals surface area (Å²) in [7, 11) is 0. The molecule has 124 valence electrons. The van der Waals surface area contributed by atoms with Crippen LogP contribution in [-0.2, 0) is 9.53 Å². The first-order valence-electron chi connectivity index (χ1n) is 7.47. The number of halogens is 2. The maximum atomic E-state index is 12.3. The first-order chi connectivity index (χ1) is 11.1. The molecule has 1 aliphatic rings. The zero-order chi connectivity index (χ0) is 16.7. The lowest BCUT2D eigenvalue weighted by Gasteiger charge is -2.32. The van der Waals surface area contributed by atoms with Crippen LogP contribution in [0.3, 0.4) is 0 Å². The highest BCUT2D eigenvalue weighted by atomic mass is 35.5. The highest BCUT2D eigenvalue weighted by Gasteiger charge is 2.24. The standard InChI is InChI=1S/C17H19Cl2NO3/c1-2-8-22-11-13-4-3-7-20(10-13)17(21)12-23-16-6-5-14(18)9-15(16)19/h1,5-6,9,13H,3-4,7-8,10-12H2/t13-/m0/s1. The summed E-state index contributed by atoms with van der Waals surface area (Å²) in [6, 6.07) is 4.92. The molecule has 0 bridgehead atoms. The molecule has 6 heteroatoms. The number of carbonyl (C=O) groups excluding carboxylic acids is 1. The van der Waals surface area contributed by atoms with Crippen LogP contribution in [0.5, 0.6) is 5.75 Å². The van der Waals surface area contributed by atoms with Crippen molar-refractivity contribution in [2.75, 3.05) is 32.9 Å². The second kappa shape index (κ2) is 9.02. The summed E-state index contributed by atoms with van der Waals surface area (Å²) < 4.78 is 10.9. The van der Waals surface area contributed by atoms with Crippen LogP contribution in [-0.4, -0.2) is 43.7 Å². The number of hydrogen-bond donors (Lipinski definition) is 0. The van der Waals surface area contributed by atoms with E-state index in [1.54, 1.807) is 23.1 Å². The molecule has 23 heavy (non-hydrogen) atoms. The van der Waals surface area contributed by atoms with Gasteiger partial charge in [-0.2, -0.15) is 0 Å². The average Bonchev–Trinajstić information content (AvgIpc) is 2.54. The molecule has 2 rings (SSSR count). The first kappa shape index (κ1) is 17.9. The van der Waals surface area contributed by atoms with Crippen LogP contribution in [0.1, 0.15) is 12.8 Å². The predicted octanol–water partition coefficient (Wildman–Crippen LogP) is 3.26. The molecule has 1 atom stereocenters. The van der Waals surface area contributed by atoms with E-state index in [-0.39, 0.29) is 12.5 Å². The van der Waals surface area contributed by atoms with E-state index in [9.17, 15) is 4.79 Å². The van der Waals surface area contributed by atoms with Gasteiger partial charge in [-0.15, -0.1) is 6.42 Å². The SMILES string of the molecule is C#CCOC[C@H]1CCCN(C(=O)COc2ccc(Cl)cc2Cl)C1. The summed E-state index contributed by atoms with van der Waals surface area (Å²) in [4.78, 5) is 14.1. The molecular formula is C17H19Cl2NO3. The Morgan fingerprint density at radius 1 is 1.43 bits per heavy atom. The quantitative estimate of drug-likeness (QED) is 0.580. The molecule has 0 spiro atoms. The van der Waals surface area contributed by atoms with Gasteiger partial charge in [0.25, 0.3) is 5.91 Å². The van der Waals surface area contributed by atoms with E-state index in [0.29, 0.717) is 41.5 Å². The van der Waals surface area contributed by atoms with Crippen LogP contribution in [0.25, 0.3) is 0 Å². The van der Waals surface area contributed by atoms with E-state index in [4.69, 9.17) is 39.1 Å². The predicted molar refractivity (Wildman–Crippen MR) is 90.9 cm³/mol. The third-order valence-corrected chi connectivity index (χ3v) is 4.19. The van der Waals surface area contributed by atoms with Gasteiger partial charge < -0.3 is 14.4 Å². The Labute approximate surface area is 146 Å². The molecule has 0 aromatic heterocycles. The van der Waals surface area contributed by atoms with Crippen molar-refractivity contribution in [2.24, 2.45) is 5.92 Å². The van der Waals surface area contributed by atoms with Gasteiger partial charge in [-0.25, -0.2) is 0 Å². The second-order valence-corrected chi connectivity index (χ2v) is 6.27. The number of likely N-dealkylation sites (tertiary alicyclic amines) is 1. The monoisotopic (exact) mass is 355 g/mol. The lowest BCUT2D eigenvalue weighted by Crippen LogP contribution is -2.43. The third kappa shape index (κ3) is 5.62. The molecule has 1 amide bonds. The Balaban J connectivity index is 1.81. The summed E-state index contributed by atoms with van der Waals surface area (Å²) in [6.07, 6.45) is 7.16. The fourth-order valence-corrected chi connectivity index (χ4v) is 3.00. The van der Waals surface area contributed by atoms with Crippen LogP contribution in [0, 0.1) is 18.3 Å². The van der Waals surface area contributed by atoms with Crippen molar-refractivity contribution in [3.05, 3.63) is 28.2 Å². The molecule has 0 unspecified atom stereocenters. The van der Waals surface area contributed by atoms with Crippen LogP contribution >= 0.6 is 23.2 Å². The average molecular weight is 356 g/mol. The fourth-order valence-electron chi connectivity index (χ4n) is 2.54. The lowest BCUT2D eigenvalue weighted by molar-refractivity contribution is -0.135. The van der Waals surface area contributed by atoms with Crippen molar-refractivity contribution in [3.8, 4) is 18.1 Å². The highest BCUT2D eigenvalue weighted by Crippen LogP contribution is 2.27. The number of rotatable bonds is 6. The van der Waals surface area contributed by atoms with Gasteiger partial charge in [0.2, 0.25) is 0 Å². The van der Waals surface area contributed by atoms with Crippen molar-refractivity contribution in [1.82, 2.24) is 4.90 Å². The third-order valence-electron chi connectivity index (χ3n) is 3.66. The van der Waals surface area contributed by atoms with Gasteiger partial charge in [-0.05, 0) is 37.0 Å². The summed E-state index contributed by atoms with van der Waals surface area (Å²) in [5, 5.41) is 0.920. The van der Waals surface area contributed by atoms with Gasteiger partial charge >= 0.3 is 0 Å². The fraction of sp³-hybridized carbons (Fsp3) is 0.471. The summed E-state index contributed by atoms with van der Waals surface area (Å²) in [6.45, 7) is 2.25. The number of nitrogens with zero attached hydrogens (tertiary/aromatic N) is 1. The smallest absolute Gasteiger partial charge is 0.260 e. The molecule has 0 aliphatic carbocycles. The van der Waals surface area contributed by atoms with Crippen molar-refractivity contribution in [3.63, 3.8) is 0 Å². The number of hydrogen-bond acceptors (Lipinski definition) is 3. The van der Waals surface area contributed by atoms with Crippen molar-refractivity contribution >= 4 is 29.1 Å². The summed E-state index contributed by atoms with van der Waals surface area (Å²) in [5.41, 5.74) is 0. The van der Waals surface area contributed by atoms with Crippen molar-refractivity contribution in [1.29, 1.82) is 0 Å². The maximum absolute atomic E-state index is 12.3. The minimum absolute atomic E-state index is 0.0424. The zero-order valence-electron chi connectivity index (χ0n) is 12.8. The molecule has 0 radical (unpaired) electrons. The number of carbonyl (C=O) groups is 1. The van der Waals surface area contributed by atoms with E-state index < -0.39 is 0 Å². The second-order valence-electron chi connectivity index (χ2n) is 5.43. The molecule has 0 saturated carbocycles. The first-order valence-corrected chi connectivity index (χ1v) is 8.22. The van der Waals surface area contributed by atoms with Crippen LogP contribution in [0.2, 0.25) is 10.0 Å². The molecule has 4 nitrogen and oxygen atoms in total. The summed E-state index contributed by atoms with van der Waals surface area (Å²) in [5.74, 6) is 3.16. The Morgan fingerprint density at radius 3 is 3.00 bits per heavy atom. The van der Waals surface area contributed by atoms with Gasteiger partial charge in [0.1, 0.15) is 12.4 Å². The lowest BCUT2D eigenvalue weighted by atomic mass is 9.99. The molecule has 1 aromatic rings. The van der Waals surface area contributed by atoms with Crippen LogP contribution in [0.4, 0.5) is 0 Å². The normalized spacial score (nSPS) is 17.6. The number of amides is 1. The molecule has 1 fully saturated rings. The Bertz CT molecular complexity index is 586. The van der Waals surface area contributed by atoms with E-state index in [1.165, 1.54) is 0 Å². The highest BCUT2D eigenvalue weighted by molar-refractivity contribution is 6.35. The van der Waals surface area contributed by atoms with Gasteiger partial charge in [0, 0.05) is 18.1 Å². The Hall–Kier alpha value is -1.41. The molecule has 1 heterocycles. The van der Waals surface area contributed by atoms with E-state index in [0.717, 1.165) is 19.4 Å². The van der Waals surface area contributed by atoms with Crippen LogP contribution in [0.15, 0.2) is 18.2 Å². The largest absolute Gasteiger partial charge is 0.482 e. The number of ether oxygens (including phenoxy) is 2. The number of benzene rings is 1. The van der Waals surface area contributed by atoms with Gasteiger partial charge in [-0.3, -0.25) is 4.79 Å². The molecular weight excluding hydrogens is 337 g/mol. The number of terminal acetylenes is 1. The zero-order valence-corrected chi connectivity index (χ0v) is 14.3. The van der Waals surface area contributed by atoms with Crippen molar-refractivity contribution < 1.29 is 14.3 Å². The van der Waals surface area contributed by atoms with E-state index >= 15 is 0 Å². The topological polar surface area (TPSA) is 38.8 Å². The van der Waals surface area contributed by atoms with Gasteiger partial charge in [0.05, 0.1) is 11.6 Å². The molecule has 0 N–H and O–H groups in total. The van der Waals surface area contributed by atoms with Gasteiger partial charge in [0.15, 0.2) is 6.61 Å². The molecule has 1 saturated heterocycles. The number of piperidine rings is 1. The van der Waals surface area contributed by atoms with Gasteiger partial charge in [-0.1, -0.05) is 29.1 Å². The Kier molecular flexibility index (Phi) is 7.04. The van der Waals surface area contributed by atoms with Crippen LogP contribution < -0.4 is 4.74 Å². The molecule has 1 aromatic carbocycles. The summed E-state index contributed by atoms with van der Waals surface area (Å²) >= 11 is 11.9. The van der Waals surface area contributed by atoms with E-state index in [2.05, 4.69) is 5.92 Å². The maximum Gasteiger partial charge on any atom is 0.260 e. The van der Waals surface area contributed by atoms with E-state index in [1.807, 2.05) is 0 Å². The Morgan fingerprint density at radius 2 is 2.26 bits per heavy atom. The molecule has 1 aliphatic heterocycles. The minimum Gasteiger partial charge on any atom is -0.482 e. The van der Waals surface area contributed by atoms with Crippen molar-refractivity contribution in [2.45, 2.75) is 12.8 Å². The minimum atomic E-state index is -0.0577.